The van der Waals surface area contributed by atoms with Crippen LogP contribution in [0.1, 0.15) is 18.4 Å². The van der Waals surface area contributed by atoms with Crippen LogP contribution < -0.4 is 0 Å². The Hall–Kier alpha value is -1.36. The Morgan fingerprint density at radius 1 is 1.40 bits per heavy atom. The zero-order chi connectivity index (χ0) is 11.6. The van der Waals surface area contributed by atoms with Crippen LogP contribution in [0.5, 0.6) is 0 Å². The number of carbonyl (C=O) groups is 1. The first-order valence-corrected chi connectivity index (χ1v) is 4.25. The lowest BCUT2D eigenvalue weighted by molar-refractivity contribution is -0.122. The van der Waals surface area contributed by atoms with Crippen LogP contribution in [0.25, 0.3) is 0 Å². The van der Waals surface area contributed by atoms with E-state index in [1.165, 1.54) is 6.92 Å². The summed E-state index contributed by atoms with van der Waals surface area (Å²) >= 11 is 0. The smallest absolute Gasteiger partial charge is 0.165 e. The van der Waals surface area contributed by atoms with Gasteiger partial charge in [-0.1, -0.05) is 6.92 Å². The van der Waals surface area contributed by atoms with Gasteiger partial charge in [0.05, 0.1) is 0 Å². The van der Waals surface area contributed by atoms with Crippen molar-refractivity contribution in [1.29, 1.82) is 0 Å². The number of carbonyl (C=O) groups excluding carboxylic acids is 1. The molecule has 0 aliphatic heterocycles. The van der Waals surface area contributed by atoms with Crippen LogP contribution in [0.4, 0.5) is 13.2 Å². The van der Waals surface area contributed by atoms with Gasteiger partial charge in [-0.15, -0.1) is 0 Å². The van der Waals surface area contributed by atoms with Gasteiger partial charge in [0, 0.05) is 17.5 Å². The minimum Gasteiger partial charge on any atom is -0.389 e. The summed E-state index contributed by atoms with van der Waals surface area (Å²) < 4.78 is 38.7. The van der Waals surface area contributed by atoms with Crippen molar-refractivity contribution < 1.29 is 23.1 Å². The highest BCUT2D eigenvalue weighted by molar-refractivity contribution is 5.86. The SMILES string of the molecule is CC(C(=O)CO)c1cc(F)cc(F)c1F. The third-order valence-corrected chi connectivity index (χ3v) is 2.13. The molecule has 1 aromatic rings. The van der Waals surface area contributed by atoms with E-state index >= 15 is 0 Å². The van der Waals surface area contributed by atoms with E-state index in [0.717, 1.165) is 6.07 Å². The van der Waals surface area contributed by atoms with Crippen molar-refractivity contribution in [3.05, 3.63) is 35.1 Å². The molecule has 0 radical (unpaired) electrons. The zero-order valence-corrected chi connectivity index (χ0v) is 7.93. The maximum Gasteiger partial charge on any atom is 0.165 e. The summed E-state index contributed by atoms with van der Waals surface area (Å²) in [6, 6.07) is 1.14. The van der Waals surface area contributed by atoms with E-state index in [1.54, 1.807) is 0 Å². The predicted molar refractivity (Wildman–Crippen MR) is 46.8 cm³/mol. The van der Waals surface area contributed by atoms with Gasteiger partial charge in [-0.05, 0) is 6.07 Å². The second-order valence-corrected chi connectivity index (χ2v) is 3.14. The Kier molecular flexibility index (Phi) is 3.47. The third-order valence-electron chi connectivity index (χ3n) is 2.13. The molecule has 15 heavy (non-hydrogen) atoms. The van der Waals surface area contributed by atoms with Crippen LogP contribution in [0.3, 0.4) is 0 Å². The summed E-state index contributed by atoms with van der Waals surface area (Å²) in [5, 5.41) is 8.54. The number of halogens is 3. The molecule has 0 bridgehead atoms. The number of Topliss-reactive ketones (excluding diaryl/α,β-unsaturated/α-hetero) is 1. The zero-order valence-electron chi connectivity index (χ0n) is 7.93. The highest BCUT2D eigenvalue weighted by atomic mass is 19.2. The molecule has 82 valence electrons. The molecule has 1 atom stereocenters. The molecule has 2 nitrogen and oxygen atoms in total. The van der Waals surface area contributed by atoms with E-state index in [0.29, 0.717) is 6.07 Å². The first kappa shape index (κ1) is 11.7. The van der Waals surface area contributed by atoms with Gasteiger partial charge in [0.25, 0.3) is 0 Å². The van der Waals surface area contributed by atoms with Crippen molar-refractivity contribution in [1.82, 2.24) is 0 Å². The topological polar surface area (TPSA) is 37.3 Å². The molecule has 1 aromatic carbocycles. The van der Waals surface area contributed by atoms with Crippen molar-refractivity contribution in [2.24, 2.45) is 0 Å². The Morgan fingerprint density at radius 3 is 2.53 bits per heavy atom. The maximum absolute atomic E-state index is 13.2. The lowest BCUT2D eigenvalue weighted by Gasteiger charge is -2.10. The van der Waals surface area contributed by atoms with Crippen molar-refractivity contribution in [3.8, 4) is 0 Å². The number of hydrogen-bond donors (Lipinski definition) is 1. The van der Waals surface area contributed by atoms with E-state index < -0.39 is 35.8 Å². The molecule has 0 aliphatic rings. The maximum atomic E-state index is 13.2. The van der Waals surface area contributed by atoms with Crippen molar-refractivity contribution in [3.63, 3.8) is 0 Å². The third kappa shape index (κ3) is 2.36. The lowest BCUT2D eigenvalue weighted by Crippen LogP contribution is -2.15. The highest BCUT2D eigenvalue weighted by Gasteiger charge is 2.21. The largest absolute Gasteiger partial charge is 0.389 e. The quantitative estimate of drug-likeness (QED) is 0.785. The van der Waals surface area contributed by atoms with E-state index in [-0.39, 0.29) is 5.56 Å². The molecular formula is C10H9F3O2. The normalized spacial score (nSPS) is 12.6. The van der Waals surface area contributed by atoms with Gasteiger partial charge in [-0.2, -0.15) is 0 Å². The molecule has 0 amide bonds. The van der Waals surface area contributed by atoms with Gasteiger partial charge in [0.15, 0.2) is 17.4 Å². The summed E-state index contributed by atoms with van der Waals surface area (Å²) in [5.41, 5.74) is -0.383. The fourth-order valence-corrected chi connectivity index (χ4v) is 1.20. The van der Waals surface area contributed by atoms with E-state index in [4.69, 9.17) is 5.11 Å². The summed E-state index contributed by atoms with van der Waals surface area (Å²) in [6.07, 6.45) is 0. The highest BCUT2D eigenvalue weighted by Crippen LogP contribution is 2.23. The number of aliphatic hydroxyl groups excluding tert-OH is 1. The number of rotatable bonds is 3. The van der Waals surface area contributed by atoms with E-state index in [1.807, 2.05) is 0 Å². The summed E-state index contributed by atoms with van der Waals surface area (Å²) in [4.78, 5) is 11.0. The van der Waals surface area contributed by atoms with Gasteiger partial charge < -0.3 is 5.11 Å². The van der Waals surface area contributed by atoms with Crippen LogP contribution >= 0.6 is 0 Å². The average Bonchev–Trinajstić information content (AvgIpc) is 2.21. The minimum atomic E-state index is -1.34. The molecule has 0 saturated carbocycles. The molecule has 0 aromatic heterocycles. The standard InChI is InChI=1S/C10H9F3O2/c1-5(9(15)4-14)7-2-6(11)3-8(12)10(7)13/h2-3,5,14H,4H2,1H3. The Labute approximate surface area is 84.3 Å². The van der Waals surface area contributed by atoms with Gasteiger partial charge in [-0.3, -0.25) is 4.79 Å². The monoisotopic (exact) mass is 218 g/mol. The first-order valence-electron chi connectivity index (χ1n) is 4.25. The molecule has 1 unspecified atom stereocenters. The van der Waals surface area contributed by atoms with Crippen LogP contribution in [0, 0.1) is 17.5 Å². The van der Waals surface area contributed by atoms with Crippen LogP contribution in [-0.4, -0.2) is 17.5 Å². The summed E-state index contributed by atoms with van der Waals surface area (Å²) in [5.74, 6) is -5.33. The lowest BCUT2D eigenvalue weighted by atomic mass is 9.96. The Bertz CT molecular complexity index is 390. The summed E-state index contributed by atoms with van der Waals surface area (Å²) in [7, 11) is 0. The number of aliphatic hydroxyl groups is 1. The fraction of sp³-hybridized carbons (Fsp3) is 0.300. The van der Waals surface area contributed by atoms with Crippen LogP contribution in [0.15, 0.2) is 12.1 Å². The predicted octanol–water partition coefficient (Wildman–Crippen LogP) is 1.77. The van der Waals surface area contributed by atoms with Crippen molar-refractivity contribution in [2.45, 2.75) is 12.8 Å². The molecule has 1 rings (SSSR count). The van der Waals surface area contributed by atoms with Crippen molar-refractivity contribution in [2.75, 3.05) is 6.61 Å². The number of ketones is 1. The van der Waals surface area contributed by atoms with Crippen LogP contribution in [0.2, 0.25) is 0 Å². The molecule has 0 fully saturated rings. The van der Waals surface area contributed by atoms with Gasteiger partial charge in [0.1, 0.15) is 12.4 Å². The average molecular weight is 218 g/mol. The van der Waals surface area contributed by atoms with Gasteiger partial charge in [-0.25, -0.2) is 13.2 Å². The fourth-order valence-electron chi connectivity index (χ4n) is 1.20. The number of hydrogen-bond acceptors (Lipinski definition) is 2. The summed E-state index contributed by atoms with van der Waals surface area (Å²) in [6.45, 7) is 0.481. The van der Waals surface area contributed by atoms with E-state index in [2.05, 4.69) is 0 Å². The minimum absolute atomic E-state index is 0.383. The molecule has 1 N–H and O–H groups in total. The molecule has 0 saturated heterocycles. The second-order valence-electron chi connectivity index (χ2n) is 3.14. The number of benzene rings is 1. The van der Waals surface area contributed by atoms with Crippen molar-refractivity contribution >= 4 is 5.78 Å². The molecule has 0 heterocycles. The molecule has 0 aliphatic carbocycles. The Morgan fingerprint density at radius 2 is 2.00 bits per heavy atom. The molecule has 0 spiro atoms. The van der Waals surface area contributed by atoms with Gasteiger partial charge in [0.2, 0.25) is 0 Å². The first-order chi connectivity index (χ1) is 6.97. The van der Waals surface area contributed by atoms with Gasteiger partial charge >= 0.3 is 0 Å². The Balaban J connectivity index is 3.19. The molecular weight excluding hydrogens is 209 g/mol. The second kappa shape index (κ2) is 4.44. The molecule has 5 heteroatoms. The van der Waals surface area contributed by atoms with Crippen LogP contribution in [-0.2, 0) is 4.79 Å². The van der Waals surface area contributed by atoms with E-state index in [9.17, 15) is 18.0 Å².